The van der Waals surface area contributed by atoms with Gasteiger partial charge in [0.25, 0.3) is 0 Å². The summed E-state index contributed by atoms with van der Waals surface area (Å²) < 4.78 is 0. The van der Waals surface area contributed by atoms with Gasteiger partial charge in [-0.25, -0.2) is 0 Å². The maximum atomic E-state index is 6.12. The lowest BCUT2D eigenvalue weighted by molar-refractivity contribution is 0.881. The first-order valence-corrected chi connectivity index (χ1v) is 5.84. The quantitative estimate of drug-likeness (QED) is 0.873. The number of hydrogen-bond donors (Lipinski definition) is 1. The third-order valence-electron chi connectivity index (χ3n) is 2.18. The van der Waals surface area contributed by atoms with Crippen LogP contribution in [0.3, 0.4) is 0 Å². The SMILES string of the molecule is Cc1cncc(C(N)c2sccc2Cl)c1. The second-order valence-corrected chi connectivity index (χ2v) is 4.76. The largest absolute Gasteiger partial charge is 0.320 e. The lowest BCUT2D eigenvalue weighted by Crippen LogP contribution is -2.11. The van der Waals surface area contributed by atoms with Crippen molar-refractivity contribution in [3.05, 3.63) is 50.9 Å². The number of hydrogen-bond acceptors (Lipinski definition) is 3. The maximum Gasteiger partial charge on any atom is 0.0676 e. The fraction of sp³-hybridized carbons (Fsp3) is 0.182. The number of aryl methyl sites for hydroxylation is 1. The fourth-order valence-electron chi connectivity index (χ4n) is 1.43. The summed E-state index contributed by atoms with van der Waals surface area (Å²) >= 11 is 7.61. The van der Waals surface area contributed by atoms with E-state index in [1.54, 1.807) is 17.5 Å². The molecule has 2 aromatic rings. The smallest absolute Gasteiger partial charge is 0.0676 e. The molecule has 1 unspecified atom stereocenters. The zero-order valence-electron chi connectivity index (χ0n) is 8.27. The van der Waals surface area contributed by atoms with Gasteiger partial charge in [0.15, 0.2) is 0 Å². The van der Waals surface area contributed by atoms with Crippen LogP contribution >= 0.6 is 22.9 Å². The minimum atomic E-state index is -0.176. The van der Waals surface area contributed by atoms with Gasteiger partial charge < -0.3 is 5.73 Å². The molecule has 0 spiro atoms. The molecule has 0 bridgehead atoms. The van der Waals surface area contributed by atoms with Crippen molar-refractivity contribution in [1.82, 2.24) is 4.98 Å². The van der Waals surface area contributed by atoms with Crippen LogP contribution in [0.4, 0.5) is 0 Å². The fourth-order valence-corrected chi connectivity index (χ4v) is 2.63. The molecule has 0 amide bonds. The first kappa shape index (κ1) is 10.6. The van der Waals surface area contributed by atoms with E-state index in [-0.39, 0.29) is 6.04 Å². The van der Waals surface area contributed by atoms with Crippen LogP contribution in [0.15, 0.2) is 29.9 Å². The van der Waals surface area contributed by atoms with Crippen LogP contribution in [0, 0.1) is 6.92 Å². The molecule has 4 heteroatoms. The first-order valence-electron chi connectivity index (χ1n) is 4.58. The number of pyridine rings is 1. The molecular weight excluding hydrogens is 228 g/mol. The third-order valence-corrected chi connectivity index (χ3v) is 3.62. The van der Waals surface area contributed by atoms with E-state index in [1.807, 2.05) is 30.6 Å². The van der Waals surface area contributed by atoms with Crippen molar-refractivity contribution < 1.29 is 0 Å². The van der Waals surface area contributed by atoms with Crippen LogP contribution in [-0.2, 0) is 0 Å². The molecule has 0 radical (unpaired) electrons. The molecule has 1 atom stereocenters. The summed E-state index contributed by atoms with van der Waals surface area (Å²) in [5.74, 6) is 0. The Balaban J connectivity index is 2.36. The molecule has 15 heavy (non-hydrogen) atoms. The summed E-state index contributed by atoms with van der Waals surface area (Å²) in [5, 5.41) is 2.68. The van der Waals surface area contributed by atoms with Crippen LogP contribution in [0.1, 0.15) is 22.0 Å². The summed E-state index contributed by atoms with van der Waals surface area (Å²) in [6.45, 7) is 2.00. The molecule has 0 aliphatic heterocycles. The number of nitrogens with two attached hydrogens (primary N) is 1. The molecule has 78 valence electrons. The Kier molecular flexibility index (Phi) is 3.05. The van der Waals surface area contributed by atoms with Gasteiger partial charge in [-0.1, -0.05) is 17.7 Å². The number of nitrogens with zero attached hydrogens (tertiary/aromatic N) is 1. The highest BCUT2D eigenvalue weighted by molar-refractivity contribution is 7.10. The second-order valence-electron chi connectivity index (χ2n) is 3.41. The summed E-state index contributed by atoms with van der Waals surface area (Å²) in [5.41, 5.74) is 8.22. The number of halogens is 1. The van der Waals surface area contributed by atoms with Crippen molar-refractivity contribution in [2.24, 2.45) is 5.73 Å². The van der Waals surface area contributed by atoms with Crippen molar-refractivity contribution in [3.8, 4) is 0 Å². The van der Waals surface area contributed by atoms with Gasteiger partial charge in [0, 0.05) is 17.3 Å². The number of aromatic nitrogens is 1. The van der Waals surface area contributed by atoms with Gasteiger partial charge in [0.1, 0.15) is 0 Å². The van der Waals surface area contributed by atoms with Crippen molar-refractivity contribution in [1.29, 1.82) is 0 Å². The first-order chi connectivity index (χ1) is 7.18. The Hall–Kier alpha value is -0.900. The highest BCUT2D eigenvalue weighted by atomic mass is 35.5. The molecule has 2 heterocycles. The average Bonchev–Trinajstić information content (AvgIpc) is 2.63. The number of rotatable bonds is 2. The van der Waals surface area contributed by atoms with Gasteiger partial charge in [0.05, 0.1) is 11.1 Å². The average molecular weight is 239 g/mol. The van der Waals surface area contributed by atoms with Crippen molar-refractivity contribution >= 4 is 22.9 Å². The highest BCUT2D eigenvalue weighted by Crippen LogP contribution is 2.30. The monoisotopic (exact) mass is 238 g/mol. The lowest BCUT2D eigenvalue weighted by atomic mass is 10.1. The second kappa shape index (κ2) is 4.31. The minimum absolute atomic E-state index is 0.176. The number of thiophene rings is 1. The summed E-state index contributed by atoms with van der Waals surface area (Å²) in [4.78, 5) is 5.12. The molecule has 0 saturated carbocycles. The van der Waals surface area contributed by atoms with Crippen molar-refractivity contribution in [3.63, 3.8) is 0 Å². The normalized spacial score (nSPS) is 12.7. The van der Waals surface area contributed by atoms with Crippen LogP contribution in [0.2, 0.25) is 5.02 Å². The Morgan fingerprint density at radius 2 is 2.27 bits per heavy atom. The molecule has 2 nitrogen and oxygen atoms in total. The zero-order chi connectivity index (χ0) is 10.8. The van der Waals surface area contributed by atoms with Gasteiger partial charge in [-0.3, -0.25) is 4.98 Å². The van der Waals surface area contributed by atoms with Crippen molar-refractivity contribution in [2.75, 3.05) is 0 Å². The molecule has 0 saturated heterocycles. The van der Waals surface area contributed by atoms with E-state index in [9.17, 15) is 0 Å². The Morgan fingerprint density at radius 3 is 2.87 bits per heavy atom. The lowest BCUT2D eigenvalue weighted by Gasteiger charge is -2.10. The van der Waals surface area contributed by atoms with E-state index in [2.05, 4.69) is 4.98 Å². The van der Waals surface area contributed by atoms with E-state index < -0.39 is 0 Å². The van der Waals surface area contributed by atoms with E-state index >= 15 is 0 Å². The Morgan fingerprint density at radius 1 is 1.47 bits per heavy atom. The van der Waals surface area contributed by atoms with Crippen LogP contribution < -0.4 is 5.73 Å². The summed E-state index contributed by atoms with van der Waals surface area (Å²) in [6.07, 6.45) is 3.60. The molecule has 0 aromatic carbocycles. The minimum Gasteiger partial charge on any atom is -0.320 e. The Labute approximate surface area is 97.7 Å². The van der Waals surface area contributed by atoms with Gasteiger partial charge in [-0.05, 0) is 29.5 Å². The van der Waals surface area contributed by atoms with E-state index in [0.717, 1.165) is 21.0 Å². The third kappa shape index (κ3) is 2.20. The molecule has 2 N–H and O–H groups in total. The summed E-state index contributed by atoms with van der Waals surface area (Å²) in [7, 11) is 0. The van der Waals surface area contributed by atoms with Gasteiger partial charge in [-0.2, -0.15) is 0 Å². The molecule has 2 rings (SSSR count). The summed E-state index contributed by atoms with van der Waals surface area (Å²) in [6, 6.07) is 3.73. The van der Waals surface area contributed by atoms with Gasteiger partial charge in [0.2, 0.25) is 0 Å². The predicted molar refractivity (Wildman–Crippen MR) is 64.3 cm³/mol. The molecule has 2 aromatic heterocycles. The van der Waals surface area contributed by atoms with E-state index in [4.69, 9.17) is 17.3 Å². The highest BCUT2D eigenvalue weighted by Gasteiger charge is 2.13. The topological polar surface area (TPSA) is 38.9 Å². The van der Waals surface area contributed by atoms with E-state index in [1.165, 1.54) is 0 Å². The molecular formula is C11H11ClN2S. The Bertz CT molecular complexity index is 467. The predicted octanol–water partition coefficient (Wildman–Crippen LogP) is 3.15. The van der Waals surface area contributed by atoms with Crippen LogP contribution in [0.25, 0.3) is 0 Å². The van der Waals surface area contributed by atoms with Crippen molar-refractivity contribution in [2.45, 2.75) is 13.0 Å². The van der Waals surface area contributed by atoms with Gasteiger partial charge >= 0.3 is 0 Å². The molecule has 0 aliphatic rings. The maximum absolute atomic E-state index is 6.12. The zero-order valence-corrected chi connectivity index (χ0v) is 9.85. The molecule has 0 fully saturated rings. The molecule has 0 aliphatic carbocycles. The van der Waals surface area contributed by atoms with Gasteiger partial charge in [-0.15, -0.1) is 11.3 Å². The van der Waals surface area contributed by atoms with Crippen LogP contribution in [0.5, 0.6) is 0 Å². The van der Waals surface area contributed by atoms with E-state index in [0.29, 0.717) is 0 Å². The van der Waals surface area contributed by atoms with Crippen LogP contribution in [-0.4, -0.2) is 4.98 Å². The standard InChI is InChI=1S/C11H11ClN2S/c1-7-4-8(6-14-5-7)10(13)11-9(12)2-3-15-11/h2-6,10H,13H2,1H3.